The summed E-state index contributed by atoms with van der Waals surface area (Å²) >= 11 is 0. The van der Waals surface area contributed by atoms with Gasteiger partial charge in [0.15, 0.2) is 5.82 Å². The van der Waals surface area contributed by atoms with E-state index < -0.39 is 30.7 Å². The molecular weight excluding hydrogens is 649 g/mol. The van der Waals surface area contributed by atoms with Crippen molar-refractivity contribution in [3.63, 3.8) is 0 Å². The predicted octanol–water partition coefficient (Wildman–Crippen LogP) is 4.36. The van der Waals surface area contributed by atoms with Gasteiger partial charge in [0.05, 0.1) is 12.1 Å². The average molecular weight is 689 g/mol. The molecule has 0 bridgehead atoms. The molecule has 5 heterocycles. The van der Waals surface area contributed by atoms with E-state index in [2.05, 4.69) is 30.4 Å². The number of nitrogens with one attached hydrogen (secondary N) is 1. The molecule has 15 heteroatoms. The van der Waals surface area contributed by atoms with Crippen LogP contribution in [0.5, 0.6) is 17.4 Å². The molecule has 1 aromatic carbocycles. The summed E-state index contributed by atoms with van der Waals surface area (Å²) in [6.45, 7) is 9.05. The highest BCUT2D eigenvalue weighted by atomic mass is 35.5. The number of pyridine rings is 1. The van der Waals surface area contributed by atoms with Gasteiger partial charge in [-0.3, -0.25) is 14.7 Å². The fourth-order valence-electron chi connectivity index (χ4n) is 7.15. The summed E-state index contributed by atoms with van der Waals surface area (Å²) in [5, 5.41) is 11.3. The van der Waals surface area contributed by atoms with Crippen LogP contribution in [0, 0.1) is 17.2 Å². The second-order valence-corrected chi connectivity index (χ2v) is 13.5. The van der Waals surface area contributed by atoms with Crippen LogP contribution in [0.25, 0.3) is 0 Å². The SMILES string of the molecule is CC(C)N(CC(F)F)C(=O)c1cc(F)ccc1Oc1nncnc1N1CC2(CC(Oc3ccnc4c3CN(CC3CNC3)CC4)C2)C1.Cl. The summed E-state index contributed by atoms with van der Waals surface area (Å²) in [6, 6.07) is 4.86. The van der Waals surface area contributed by atoms with E-state index in [4.69, 9.17) is 9.47 Å². The van der Waals surface area contributed by atoms with Gasteiger partial charge in [-0.05, 0) is 56.9 Å². The number of aromatic nitrogens is 4. The number of anilines is 1. The Morgan fingerprint density at radius 2 is 1.94 bits per heavy atom. The van der Waals surface area contributed by atoms with Crippen LogP contribution in [0.1, 0.15) is 48.3 Å². The maximum absolute atomic E-state index is 14.3. The van der Waals surface area contributed by atoms with Crippen molar-refractivity contribution in [3.05, 3.63) is 59.4 Å². The Kier molecular flexibility index (Phi) is 9.96. The van der Waals surface area contributed by atoms with Crippen molar-refractivity contribution in [2.24, 2.45) is 11.3 Å². The number of carbonyl (C=O) groups is 1. The van der Waals surface area contributed by atoms with Gasteiger partial charge in [-0.15, -0.1) is 22.6 Å². The molecule has 258 valence electrons. The van der Waals surface area contributed by atoms with Crippen LogP contribution in [0.3, 0.4) is 0 Å². The largest absolute Gasteiger partial charge is 0.490 e. The zero-order valence-electron chi connectivity index (χ0n) is 26.9. The molecule has 11 nitrogen and oxygen atoms in total. The monoisotopic (exact) mass is 688 g/mol. The summed E-state index contributed by atoms with van der Waals surface area (Å²) in [5.41, 5.74) is 2.24. The first-order chi connectivity index (χ1) is 22.7. The van der Waals surface area contributed by atoms with Crippen LogP contribution in [0.2, 0.25) is 0 Å². The molecule has 1 amide bonds. The molecular formula is C33H40ClF3N8O3. The second kappa shape index (κ2) is 14.0. The Morgan fingerprint density at radius 3 is 2.65 bits per heavy atom. The summed E-state index contributed by atoms with van der Waals surface area (Å²) < 4.78 is 53.3. The number of rotatable bonds is 11. The molecule has 3 aliphatic heterocycles. The van der Waals surface area contributed by atoms with Crippen molar-refractivity contribution in [2.45, 2.75) is 58.2 Å². The first kappa shape index (κ1) is 34.1. The van der Waals surface area contributed by atoms with Crippen LogP contribution in [-0.2, 0) is 13.0 Å². The Labute approximate surface area is 283 Å². The maximum atomic E-state index is 14.3. The zero-order valence-corrected chi connectivity index (χ0v) is 27.8. The molecule has 48 heavy (non-hydrogen) atoms. The number of nitrogens with zero attached hydrogens (tertiary/aromatic N) is 7. The molecule has 4 aliphatic rings. The van der Waals surface area contributed by atoms with Gasteiger partial charge in [-0.1, -0.05) is 0 Å². The van der Waals surface area contributed by atoms with Gasteiger partial charge < -0.3 is 24.6 Å². The second-order valence-electron chi connectivity index (χ2n) is 13.5. The standard InChI is InChI=1S/C33H39F3N8O3.ClH/c1-20(2)44(16-29(35)36)32(45)24-9-22(34)3-4-27(24)47-31-30(39-19-40-41-31)43-17-33(18-43)10-23(11-33)46-28-5-7-38-26-6-8-42(15-25(26)28)14-21-12-37-13-21;/h3-5,7,9,19-21,23,29,37H,6,8,10-18H2,1-2H3;1H. The van der Waals surface area contributed by atoms with Crippen molar-refractivity contribution >= 4 is 24.1 Å². The molecule has 1 spiro atoms. The smallest absolute Gasteiger partial charge is 0.282 e. The molecule has 3 aromatic rings. The van der Waals surface area contributed by atoms with E-state index in [0.717, 1.165) is 86.4 Å². The minimum atomic E-state index is -2.75. The topological polar surface area (TPSA) is 109 Å². The number of halogens is 4. The number of ether oxygens (including phenoxy) is 2. The van der Waals surface area contributed by atoms with Crippen molar-refractivity contribution in [1.82, 2.24) is 35.3 Å². The number of benzene rings is 1. The van der Waals surface area contributed by atoms with E-state index in [9.17, 15) is 18.0 Å². The van der Waals surface area contributed by atoms with Gasteiger partial charge in [-0.2, -0.15) is 0 Å². The number of carbonyl (C=O) groups excluding carboxylic acids is 1. The fourth-order valence-corrected chi connectivity index (χ4v) is 7.15. The van der Waals surface area contributed by atoms with Crippen molar-refractivity contribution in [3.8, 4) is 17.4 Å². The van der Waals surface area contributed by atoms with E-state index in [0.29, 0.717) is 18.9 Å². The highest BCUT2D eigenvalue weighted by Gasteiger charge is 2.54. The number of hydrogen-bond donors (Lipinski definition) is 1. The van der Waals surface area contributed by atoms with Crippen LogP contribution < -0.4 is 19.7 Å². The van der Waals surface area contributed by atoms with Crippen molar-refractivity contribution < 1.29 is 27.4 Å². The third-order valence-corrected chi connectivity index (χ3v) is 9.67. The molecule has 1 aliphatic carbocycles. The average Bonchev–Trinajstić information content (AvgIpc) is 2.99. The Bertz CT molecular complexity index is 1620. The lowest BCUT2D eigenvalue weighted by Gasteiger charge is -2.58. The lowest BCUT2D eigenvalue weighted by molar-refractivity contribution is -0.0353. The molecule has 7 rings (SSSR count). The summed E-state index contributed by atoms with van der Waals surface area (Å²) in [5.74, 6) is 0.664. The zero-order chi connectivity index (χ0) is 32.7. The molecule has 3 fully saturated rings. The Balaban J connectivity index is 0.00000401. The lowest BCUT2D eigenvalue weighted by atomic mass is 9.61. The predicted molar refractivity (Wildman–Crippen MR) is 174 cm³/mol. The Morgan fingerprint density at radius 1 is 1.15 bits per heavy atom. The number of amides is 1. The fraction of sp³-hybridized carbons (Fsp3) is 0.545. The first-order valence-electron chi connectivity index (χ1n) is 16.2. The summed E-state index contributed by atoms with van der Waals surface area (Å²) in [4.78, 5) is 27.9. The molecule has 1 N–H and O–H groups in total. The van der Waals surface area contributed by atoms with E-state index in [1.807, 2.05) is 17.2 Å². The van der Waals surface area contributed by atoms with Crippen molar-refractivity contribution in [2.75, 3.05) is 50.7 Å². The van der Waals surface area contributed by atoms with E-state index in [1.54, 1.807) is 13.8 Å². The molecule has 1 saturated carbocycles. The van der Waals surface area contributed by atoms with Crippen LogP contribution in [0.15, 0.2) is 36.8 Å². The third kappa shape index (κ3) is 7.01. The van der Waals surface area contributed by atoms with Gasteiger partial charge in [0, 0.05) is 81.1 Å². The Hall–Kier alpha value is -3.75. The van der Waals surface area contributed by atoms with E-state index in [-0.39, 0.29) is 41.1 Å². The van der Waals surface area contributed by atoms with E-state index in [1.165, 1.54) is 18.0 Å². The van der Waals surface area contributed by atoms with Gasteiger partial charge in [0.25, 0.3) is 18.2 Å². The van der Waals surface area contributed by atoms with Gasteiger partial charge in [0.2, 0.25) is 0 Å². The minimum Gasteiger partial charge on any atom is -0.490 e. The highest BCUT2D eigenvalue weighted by molar-refractivity contribution is 5.97. The quantitative estimate of drug-likeness (QED) is 0.312. The highest BCUT2D eigenvalue weighted by Crippen LogP contribution is 2.52. The van der Waals surface area contributed by atoms with Crippen molar-refractivity contribution in [1.29, 1.82) is 0 Å². The van der Waals surface area contributed by atoms with Crippen LogP contribution >= 0.6 is 12.4 Å². The van der Waals surface area contributed by atoms with Crippen LogP contribution in [-0.4, -0.2) is 100 Å². The van der Waals surface area contributed by atoms with E-state index >= 15 is 0 Å². The molecule has 0 atom stereocenters. The number of fused-ring (bicyclic) bond motifs is 1. The normalized spacial score (nSPS) is 18.9. The van der Waals surface area contributed by atoms with Gasteiger partial charge >= 0.3 is 0 Å². The minimum absolute atomic E-state index is 0. The number of hydrogen-bond acceptors (Lipinski definition) is 10. The first-order valence-corrected chi connectivity index (χ1v) is 16.2. The number of alkyl halides is 2. The van der Waals surface area contributed by atoms with Gasteiger partial charge in [-0.25, -0.2) is 18.2 Å². The third-order valence-electron chi connectivity index (χ3n) is 9.67. The summed E-state index contributed by atoms with van der Waals surface area (Å²) in [7, 11) is 0. The molecule has 0 radical (unpaired) electrons. The van der Waals surface area contributed by atoms with Gasteiger partial charge in [0.1, 0.15) is 29.7 Å². The summed E-state index contributed by atoms with van der Waals surface area (Å²) in [6.07, 6.45) is 3.27. The lowest BCUT2D eigenvalue weighted by Crippen LogP contribution is -2.65. The maximum Gasteiger partial charge on any atom is 0.282 e. The molecule has 2 saturated heterocycles. The molecule has 2 aromatic heterocycles. The molecule has 0 unspecified atom stereocenters. The van der Waals surface area contributed by atoms with Crippen LogP contribution in [0.4, 0.5) is 19.0 Å².